The van der Waals surface area contributed by atoms with Crippen molar-refractivity contribution < 1.29 is 9.90 Å². The lowest BCUT2D eigenvalue weighted by atomic mass is 9.84. The van der Waals surface area contributed by atoms with Gasteiger partial charge in [-0.2, -0.15) is 0 Å². The molecule has 7 nitrogen and oxygen atoms in total. The molecule has 3 N–H and O–H groups in total. The van der Waals surface area contributed by atoms with E-state index in [1.54, 1.807) is 12.3 Å². The number of amides is 1. The summed E-state index contributed by atoms with van der Waals surface area (Å²) in [6, 6.07) is 3.53. The van der Waals surface area contributed by atoms with Crippen molar-refractivity contribution in [3.05, 3.63) is 39.9 Å². The number of aromatic amines is 1. The fraction of sp³-hybridized carbons (Fsp3) is 0.474. The molecule has 2 aromatic rings. The number of hydrogen-bond acceptors (Lipinski definition) is 5. The van der Waals surface area contributed by atoms with Crippen molar-refractivity contribution in [3.8, 4) is 17.3 Å². The highest BCUT2D eigenvalue weighted by atomic mass is 16.3. The molecular formula is C19H24N4O3. The van der Waals surface area contributed by atoms with Crippen LogP contribution in [0.4, 0.5) is 0 Å². The van der Waals surface area contributed by atoms with Gasteiger partial charge < -0.3 is 15.4 Å². The summed E-state index contributed by atoms with van der Waals surface area (Å²) in [5.41, 5.74) is 0.364. The van der Waals surface area contributed by atoms with Crippen LogP contribution in [0, 0.1) is 12.8 Å². The number of carbonyl (C=O) groups excluding carboxylic acids is 1. The Morgan fingerprint density at radius 1 is 1.35 bits per heavy atom. The van der Waals surface area contributed by atoms with E-state index in [1.165, 1.54) is 19.3 Å². The topological polar surface area (TPSA) is 108 Å². The van der Waals surface area contributed by atoms with E-state index < -0.39 is 17.2 Å². The third-order valence-electron chi connectivity index (χ3n) is 4.98. The Morgan fingerprint density at radius 3 is 2.77 bits per heavy atom. The number of nitrogens with one attached hydrogen (secondary N) is 2. The van der Waals surface area contributed by atoms with Gasteiger partial charge in [0.2, 0.25) is 5.75 Å². The first-order valence-corrected chi connectivity index (χ1v) is 9.03. The number of carbonyl (C=O) groups is 1. The second-order valence-electron chi connectivity index (χ2n) is 6.99. The molecule has 2 aromatic heterocycles. The second-order valence-corrected chi connectivity index (χ2v) is 6.99. The van der Waals surface area contributed by atoms with Crippen LogP contribution >= 0.6 is 0 Å². The average Bonchev–Trinajstić information content (AvgIpc) is 2.64. The first kappa shape index (κ1) is 18.1. The van der Waals surface area contributed by atoms with Crippen molar-refractivity contribution in [2.75, 3.05) is 0 Å². The zero-order valence-corrected chi connectivity index (χ0v) is 15.1. The molecule has 1 fully saturated rings. The zero-order valence-electron chi connectivity index (χ0n) is 15.1. The van der Waals surface area contributed by atoms with E-state index >= 15 is 0 Å². The number of aromatic nitrogens is 3. The number of H-pyrrole nitrogens is 1. The van der Waals surface area contributed by atoms with Crippen LogP contribution in [0.2, 0.25) is 0 Å². The SMILES string of the molecule is Cc1ccnc(-c2nc(C(=O)N[C@@H](C)C3CCCCC3)c(O)c(=O)[nH]2)c1. The summed E-state index contributed by atoms with van der Waals surface area (Å²) in [4.78, 5) is 35.5. The number of hydrogen-bond donors (Lipinski definition) is 3. The van der Waals surface area contributed by atoms with Crippen molar-refractivity contribution in [1.29, 1.82) is 0 Å². The molecule has 2 heterocycles. The van der Waals surface area contributed by atoms with Crippen molar-refractivity contribution >= 4 is 5.91 Å². The molecule has 1 aliphatic rings. The Labute approximate surface area is 151 Å². The summed E-state index contributed by atoms with van der Waals surface area (Å²) in [5.74, 6) is -0.642. The molecule has 0 spiro atoms. The second kappa shape index (κ2) is 7.68. The van der Waals surface area contributed by atoms with Gasteiger partial charge in [-0.05, 0) is 50.3 Å². The normalized spacial score (nSPS) is 16.2. The van der Waals surface area contributed by atoms with Gasteiger partial charge in [0.25, 0.3) is 11.5 Å². The molecule has 0 aliphatic heterocycles. The molecule has 0 aromatic carbocycles. The van der Waals surface area contributed by atoms with Gasteiger partial charge >= 0.3 is 0 Å². The van der Waals surface area contributed by atoms with Crippen LogP contribution in [-0.2, 0) is 0 Å². The standard InChI is InChI=1S/C19H24N4O3/c1-11-8-9-20-14(10-11)17-22-15(16(24)19(26)23-17)18(25)21-12(2)13-6-4-3-5-7-13/h8-10,12-13,24H,3-7H2,1-2H3,(H,21,25)(H,22,23,26)/t12-/m0/s1. The molecule has 1 aliphatic carbocycles. The quantitative estimate of drug-likeness (QED) is 0.780. The lowest BCUT2D eigenvalue weighted by Gasteiger charge is -2.28. The van der Waals surface area contributed by atoms with Gasteiger partial charge in [0.05, 0.1) is 0 Å². The summed E-state index contributed by atoms with van der Waals surface area (Å²) in [7, 11) is 0. The van der Waals surface area contributed by atoms with E-state index in [2.05, 4.69) is 20.3 Å². The largest absolute Gasteiger partial charge is 0.501 e. The maximum atomic E-state index is 12.6. The average molecular weight is 356 g/mol. The first-order chi connectivity index (χ1) is 12.5. The molecular weight excluding hydrogens is 332 g/mol. The molecule has 7 heteroatoms. The molecule has 138 valence electrons. The molecule has 0 saturated heterocycles. The maximum Gasteiger partial charge on any atom is 0.294 e. The predicted octanol–water partition coefficient (Wildman–Crippen LogP) is 2.54. The minimum atomic E-state index is -0.756. The van der Waals surface area contributed by atoms with E-state index in [1.807, 2.05) is 19.9 Å². The zero-order chi connectivity index (χ0) is 18.7. The van der Waals surface area contributed by atoms with Crippen LogP contribution in [0.3, 0.4) is 0 Å². The summed E-state index contributed by atoms with van der Waals surface area (Å²) < 4.78 is 0. The fourth-order valence-corrected chi connectivity index (χ4v) is 3.44. The number of aryl methyl sites for hydroxylation is 1. The molecule has 26 heavy (non-hydrogen) atoms. The minimum absolute atomic E-state index is 0.0381. The Balaban J connectivity index is 1.86. The van der Waals surface area contributed by atoms with E-state index in [-0.39, 0.29) is 17.6 Å². The van der Waals surface area contributed by atoms with Crippen molar-refractivity contribution in [1.82, 2.24) is 20.3 Å². The third-order valence-corrected chi connectivity index (χ3v) is 4.98. The van der Waals surface area contributed by atoms with Crippen molar-refractivity contribution in [2.24, 2.45) is 5.92 Å². The van der Waals surface area contributed by atoms with Crippen LogP contribution in [0.25, 0.3) is 11.5 Å². The highest BCUT2D eigenvalue weighted by molar-refractivity contribution is 5.95. The van der Waals surface area contributed by atoms with E-state index in [9.17, 15) is 14.7 Å². The summed E-state index contributed by atoms with van der Waals surface area (Å²) >= 11 is 0. The highest BCUT2D eigenvalue weighted by Crippen LogP contribution is 2.26. The highest BCUT2D eigenvalue weighted by Gasteiger charge is 2.25. The minimum Gasteiger partial charge on any atom is -0.501 e. The van der Waals surface area contributed by atoms with Crippen LogP contribution in [0.15, 0.2) is 23.1 Å². The molecule has 3 rings (SSSR count). The van der Waals surface area contributed by atoms with Crippen molar-refractivity contribution in [3.63, 3.8) is 0 Å². The van der Waals surface area contributed by atoms with Crippen LogP contribution < -0.4 is 10.9 Å². The Kier molecular flexibility index (Phi) is 5.35. The molecule has 1 atom stereocenters. The van der Waals surface area contributed by atoms with Gasteiger partial charge in [0, 0.05) is 12.2 Å². The van der Waals surface area contributed by atoms with Gasteiger partial charge in [-0.3, -0.25) is 14.6 Å². The van der Waals surface area contributed by atoms with Crippen molar-refractivity contribution in [2.45, 2.75) is 52.0 Å². The number of nitrogens with zero attached hydrogens (tertiary/aromatic N) is 2. The molecule has 0 unspecified atom stereocenters. The number of pyridine rings is 1. The number of rotatable bonds is 4. The monoisotopic (exact) mass is 356 g/mol. The lowest BCUT2D eigenvalue weighted by Crippen LogP contribution is -2.39. The molecule has 1 amide bonds. The van der Waals surface area contributed by atoms with Gasteiger partial charge in [-0.15, -0.1) is 0 Å². The molecule has 0 bridgehead atoms. The maximum absolute atomic E-state index is 12.6. The third kappa shape index (κ3) is 3.92. The lowest BCUT2D eigenvalue weighted by molar-refractivity contribution is 0.0911. The van der Waals surface area contributed by atoms with E-state index in [0.717, 1.165) is 18.4 Å². The van der Waals surface area contributed by atoms with Gasteiger partial charge in [-0.25, -0.2) is 4.98 Å². The molecule has 1 saturated carbocycles. The summed E-state index contributed by atoms with van der Waals surface area (Å²) in [5, 5.41) is 12.9. The fourth-order valence-electron chi connectivity index (χ4n) is 3.44. The summed E-state index contributed by atoms with van der Waals surface area (Å²) in [6.07, 6.45) is 7.33. The van der Waals surface area contributed by atoms with E-state index in [0.29, 0.717) is 11.6 Å². The Hall–Kier alpha value is -2.70. The Bertz CT molecular complexity index is 856. The van der Waals surface area contributed by atoms with Gasteiger partial charge in [-0.1, -0.05) is 19.3 Å². The van der Waals surface area contributed by atoms with Crippen LogP contribution in [-0.4, -0.2) is 32.0 Å². The predicted molar refractivity (Wildman–Crippen MR) is 98.0 cm³/mol. The van der Waals surface area contributed by atoms with Crippen LogP contribution in [0.5, 0.6) is 5.75 Å². The number of aromatic hydroxyl groups is 1. The summed E-state index contributed by atoms with van der Waals surface area (Å²) in [6.45, 7) is 3.85. The van der Waals surface area contributed by atoms with Gasteiger partial charge in [0.15, 0.2) is 11.5 Å². The van der Waals surface area contributed by atoms with E-state index in [4.69, 9.17) is 0 Å². The molecule has 0 radical (unpaired) electrons. The Morgan fingerprint density at radius 2 is 2.08 bits per heavy atom. The smallest absolute Gasteiger partial charge is 0.294 e. The van der Waals surface area contributed by atoms with Crippen LogP contribution in [0.1, 0.15) is 55.1 Å². The first-order valence-electron chi connectivity index (χ1n) is 9.03. The van der Waals surface area contributed by atoms with Gasteiger partial charge in [0.1, 0.15) is 5.69 Å².